The summed E-state index contributed by atoms with van der Waals surface area (Å²) in [6, 6.07) is 12.3. The van der Waals surface area contributed by atoms with Gasteiger partial charge in [0.2, 0.25) is 5.91 Å². The van der Waals surface area contributed by atoms with E-state index in [1.807, 2.05) is 28.5 Å². The molecule has 3 amide bonds. The summed E-state index contributed by atoms with van der Waals surface area (Å²) in [4.78, 5) is 41.2. The maximum absolute atomic E-state index is 13.3. The highest BCUT2D eigenvalue weighted by atomic mass is 32.1. The first-order valence-corrected chi connectivity index (χ1v) is 11.7. The summed E-state index contributed by atoms with van der Waals surface area (Å²) in [5.41, 5.74) is 1.08. The second-order valence-corrected chi connectivity index (χ2v) is 9.56. The number of carbonyl (C=O) groups excluding carboxylic acids is 2. The largest absolute Gasteiger partial charge is 0.341 e. The van der Waals surface area contributed by atoms with E-state index in [9.17, 15) is 18.8 Å². The molecule has 1 saturated heterocycles. The fraction of sp³-hybridized carbons (Fsp3) is 0.292. The number of amides is 3. The van der Waals surface area contributed by atoms with E-state index in [1.54, 1.807) is 28.0 Å². The molecule has 1 aromatic carbocycles. The maximum atomic E-state index is 13.3. The van der Waals surface area contributed by atoms with Gasteiger partial charge in [-0.15, -0.1) is 11.3 Å². The zero-order valence-electron chi connectivity index (χ0n) is 17.8. The highest BCUT2D eigenvalue weighted by Crippen LogP contribution is 2.35. The topological polar surface area (TPSA) is 83.4 Å². The number of rotatable bonds is 4. The van der Waals surface area contributed by atoms with Crippen LogP contribution in [0.25, 0.3) is 0 Å². The van der Waals surface area contributed by atoms with Crippen molar-refractivity contribution in [3.63, 3.8) is 0 Å². The van der Waals surface area contributed by atoms with Gasteiger partial charge in [-0.25, -0.2) is 9.18 Å². The van der Waals surface area contributed by atoms with Crippen LogP contribution in [0.3, 0.4) is 0 Å². The minimum Gasteiger partial charge on any atom is -0.341 e. The van der Waals surface area contributed by atoms with E-state index in [2.05, 4.69) is 10.6 Å². The highest BCUT2D eigenvalue weighted by Gasteiger charge is 2.36. The lowest BCUT2D eigenvalue weighted by Gasteiger charge is -2.43. The van der Waals surface area contributed by atoms with Gasteiger partial charge in [0.25, 0.3) is 5.56 Å². The third kappa shape index (κ3) is 4.54. The molecule has 33 heavy (non-hydrogen) atoms. The zero-order chi connectivity index (χ0) is 22.9. The Bertz CT molecular complexity index is 1260. The molecule has 0 saturated carbocycles. The van der Waals surface area contributed by atoms with Crippen molar-refractivity contribution in [2.24, 2.45) is 5.92 Å². The molecular weight excluding hydrogens is 443 g/mol. The van der Waals surface area contributed by atoms with Crippen molar-refractivity contribution in [2.75, 3.05) is 23.7 Å². The monoisotopic (exact) mass is 466 g/mol. The molecule has 9 heteroatoms. The molecule has 4 heterocycles. The van der Waals surface area contributed by atoms with Gasteiger partial charge in [-0.3, -0.25) is 9.59 Å². The van der Waals surface area contributed by atoms with E-state index in [-0.39, 0.29) is 29.0 Å². The number of hydrogen-bond acceptors (Lipinski definition) is 4. The Labute approximate surface area is 193 Å². The summed E-state index contributed by atoms with van der Waals surface area (Å²) >= 11 is 1.58. The summed E-state index contributed by atoms with van der Waals surface area (Å²) in [6.45, 7) is 1.73. The molecule has 7 nitrogen and oxygen atoms in total. The second-order valence-electron chi connectivity index (χ2n) is 8.53. The van der Waals surface area contributed by atoms with Crippen molar-refractivity contribution in [1.29, 1.82) is 0 Å². The Kier molecular flexibility index (Phi) is 5.72. The summed E-state index contributed by atoms with van der Waals surface area (Å²) in [5, 5.41) is 7.08. The molecule has 2 atom stereocenters. The Morgan fingerprint density at radius 1 is 1.06 bits per heavy atom. The van der Waals surface area contributed by atoms with E-state index < -0.39 is 11.8 Å². The first kappa shape index (κ1) is 21.4. The Morgan fingerprint density at radius 3 is 2.73 bits per heavy atom. The van der Waals surface area contributed by atoms with Crippen LogP contribution in [0.1, 0.15) is 22.9 Å². The van der Waals surface area contributed by atoms with Crippen molar-refractivity contribution >= 4 is 34.6 Å². The average Bonchev–Trinajstić information content (AvgIpc) is 3.29. The molecule has 0 unspecified atom stereocenters. The molecule has 170 valence electrons. The lowest BCUT2D eigenvalue weighted by atomic mass is 9.83. The van der Waals surface area contributed by atoms with Crippen LogP contribution in [-0.2, 0) is 17.8 Å². The SMILES string of the molecule is O=C(Nc1cccc(F)c1)Nc1ccc2n(c1=O)C[C@@H]1C[C@@H]2CN(C(=O)Cc2cccs2)C1. The van der Waals surface area contributed by atoms with Crippen molar-refractivity contribution in [2.45, 2.75) is 25.3 Å². The molecule has 2 aliphatic heterocycles. The molecule has 5 rings (SSSR count). The molecule has 0 radical (unpaired) electrons. The molecule has 2 N–H and O–H groups in total. The molecule has 2 aromatic heterocycles. The van der Waals surface area contributed by atoms with Gasteiger partial charge in [-0.2, -0.15) is 0 Å². The fourth-order valence-corrected chi connectivity index (χ4v) is 5.47. The highest BCUT2D eigenvalue weighted by molar-refractivity contribution is 7.10. The van der Waals surface area contributed by atoms with Crippen molar-refractivity contribution in [3.05, 3.63) is 80.7 Å². The fourth-order valence-electron chi connectivity index (χ4n) is 4.77. The summed E-state index contributed by atoms with van der Waals surface area (Å²) < 4.78 is 15.1. The summed E-state index contributed by atoms with van der Waals surface area (Å²) in [7, 11) is 0. The molecule has 3 aromatic rings. The Hall–Kier alpha value is -3.46. The second kappa shape index (κ2) is 8.82. The minimum absolute atomic E-state index is 0.0904. The first-order valence-electron chi connectivity index (χ1n) is 10.8. The van der Waals surface area contributed by atoms with Gasteiger partial charge < -0.3 is 20.1 Å². The van der Waals surface area contributed by atoms with E-state index in [0.717, 1.165) is 17.0 Å². The van der Waals surface area contributed by atoms with Crippen LogP contribution in [0.4, 0.5) is 20.6 Å². The number of hydrogen-bond donors (Lipinski definition) is 2. The van der Waals surface area contributed by atoms with Crippen LogP contribution in [-0.4, -0.2) is 34.5 Å². The van der Waals surface area contributed by atoms with E-state index in [4.69, 9.17) is 0 Å². The van der Waals surface area contributed by atoms with Crippen molar-refractivity contribution in [1.82, 2.24) is 9.47 Å². The predicted octanol–water partition coefficient (Wildman–Crippen LogP) is 3.88. The first-order chi connectivity index (χ1) is 16.0. The van der Waals surface area contributed by atoms with Crippen molar-refractivity contribution < 1.29 is 14.0 Å². The molecular formula is C24H23FN4O3S. The number of fused-ring (bicyclic) bond motifs is 4. The van der Waals surface area contributed by atoms with Crippen LogP contribution in [0.2, 0.25) is 0 Å². The Balaban J connectivity index is 1.30. The van der Waals surface area contributed by atoms with Gasteiger partial charge in [0.1, 0.15) is 11.5 Å². The smallest absolute Gasteiger partial charge is 0.323 e. The van der Waals surface area contributed by atoms with Crippen LogP contribution in [0, 0.1) is 11.7 Å². The number of piperidine rings is 1. The van der Waals surface area contributed by atoms with Gasteiger partial charge in [0, 0.05) is 41.8 Å². The summed E-state index contributed by atoms with van der Waals surface area (Å²) in [5.74, 6) is -0.0587. The minimum atomic E-state index is -0.611. The quantitative estimate of drug-likeness (QED) is 0.612. The van der Waals surface area contributed by atoms with Gasteiger partial charge in [-0.05, 0) is 54.1 Å². The molecule has 0 aliphatic carbocycles. The maximum Gasteiger partial charge on any atom is 0.323 e. The van der Waals surface area contributed by atoms with Crippen LogP contribution >= 0.6 is 11.3 Å². The Morgan fingerprint density at radius 2 is 1.94 bits per heavy atom. The standard InChI is InChI=1S/C24H23FN4O3S/c25-17-3-1-4-18(10-17)26-24(32)27-20-6-7-21-16-9-15(13-29(21)23(20)31)12-28(14-16)22(30)11-19-5-2-8-33-19/h1-8,10,15-16H,9,11-14H2,(H2,26,27,32)/t15-,16-/m1/s1. The number of halogens is 1. The lowest BCUT2D eigenvalue weighted by molar-refractivity contribution is -0.133. The zero-order valence-corrected chi connectivity index (χ0v) is 18.6. The number of carbonyl (C=O) groups is 2. The normalized spacial score (nSPS) is 19.0. The number of aromatic nitrogens is 1. The summed E-state index contributed by atoms with van der Waals surface area (Å²) in [6.07, 6.45) is 1.35. The number of likely N-dealkylation sites (tertiary alicyclic amines) is 1. The number of benzene rings is 1. The van der Waals surface area contributed by atoms with Crippen LogP contribution < -0.4 is 16.2 Å². The van der Waals surface area contributed by atoms with Crippen LogP contribution in [0.5, 0.6) is 0 Å². The third-order valence-corrected chi connectivity index (χ3v) is 7.07. The average molecular weight is 467 g/mol. The molecule has 1 fully saturated rings. The number of anilines is 2. The van der Waals surface area contributed by atoms with E-state index in [1.165, 1.54) is 18.2 Å². The molecule has 2 bridgehead atoms. The number of pyridine rings is 1. The predicted molar refractivity (Wildman–Crippen MR) is 125 cm³/mol. The third-order valence-electron chi connectivity index (χ3n) is 6.19. The van der Waals surface area contributed by atoms with E-state index in [0.29, 0.717) is 31.7 Å². The number of nitrogens with one attached hydrogen (secondary N) is 2. The van der Waals surface area contributed by atoms with Crippen LogP contribution in [0.15, 0.2) is 58.7 Å². The molecule has 0 spiro atoms. The van der Waals surface area contributed by atoms with E-state index >= 15 is 0 Å². The van der Waals surface area contributed by atoms with Gasteiger partial charge in [0.05, 0.1) is 6.42 Å². The van der Waals surface area contributed by atoms with Crippen molar-refractivity contribution in [3.8, 4) is 0 Å². The van der Waals surface area contributed by atoms with Gasteiger partial charge in [-0.1, -0.05) is 12.1 Å². The molecule has 2 aliphatic rings. The lowest BCUT2D eigenvalue weighted by Crippen LogP contribution is -2.49. The van der Waals surface area contributed by atoms with Gasteiger partial charge in [0.15, 0.2) is 0 Å². The number of nitrogens with zero attached hydrogens (tertiary/aromatic N) is 2. The van der Waals surface area contributed by atoms with Gasteiger partial charge >= 0.3 is 6.03 Å². The number of urea groups is 1. The number of thiophene rings is 1.